The monoisotopic (exact) mass is 387 g/mol. The second-order valence-electron chi connectivity index (χ2n) is 8.64. The summed E-state index contributed by atoms with van der Waals surface area (Å²) in [6.07, 6.45) is 2.19. The van der Waals surface area contributed by atoms with Gasteiger partial charge in [-0.15, -0.1) is 0 Å². The number of nitrogens with zero attached hydrogens (tertiary/aromatic N) is 2. The molecule has 0 spiro atoms. The van der Waals surface area contributed by atoms with E-state index in [9.17, 15) is 0 Å². The molecule has 0 N–H and O–H groups in total. The Morgan fingerprint density at radius 1 is 0.800 bits per heavy atom. The highest BCUT2D eigenvalue weighted by molar-refractivity contribution is 6.98. The predicted octanol–water partition coefficient (Wildman–Crippen LogP) is 3.22. The summed E-state index contributed by atoms with van der Waals surface area (Å²) in [5.41, 5.74) is 13.7. The lowest BCUT2D eigenvalue weighted by Crippen LogP contribution is -2.58. The highest BCUT2D eigenvalue weighted by Crippen LogP contribution is 2.33. The third-order valence-corrected chi connectivity index (χ3v) is 6.92. The van der Waals surface area contributed by atoms with Gasteiger partial charge in [-0.1, -0.05) is 59.1 Å². The zero-order valence-corrected chi connectivity index (χ0v) is 17.7. The number of hydrogen-bond acceptors (Lipinski definition) is 1. The lowest BCUT2D eigenvalue weighted by Gasteiger charge is -2.35. The number of pyridine rings is 1. The van der Waals surface area contributed by atoms with E-state index in [0.29, 0.717) is 0 Å². The van der Waals surface area contributed by atoms with E-state index in [-0.39, 0.29) is 6.71 Å². The molecule has 0 radical (unpaired) electrons. The van der Waals surface area contributed by atoms with Gasteiger partial charge in [0.2, 0.25) is 12.4 Å². The minimum atomic E-state index is 0.247. The second-order valence-corrected chi connectivity index (χ2v) is 8.64. The van der Waals surface area contributed by atoms with Crippen LogP contribution in [0.25, 0.3) is 11.3 Å². The van der Waals surface area contributed by atoms with Crippen molar-refractivity contribution in [3.8, 4) is 11.3 Å². The first-order valence-corrected chi connectivity index (χ1v) is 10.7. The smallest absolute Gasteiger partial charge is 0.247 e. The van der Waals surface area contributed by atoms with E-state index in [2.05, 4.69) is 109 Å². The van der Waals surface area contributed by atoms with Crippen LogP contribution in [0.15, 0.2) is 79.0 Å². The maximum atomic E-state index is 2.46. The summed E-state index contributed by atoms with van der Waals surface area (Å²) in [5.74, 6) is 0. The summed E-state index contributed by atoms with van der Waals surface area (Å²) in [4.78, 5) is 2.38. The van der Waals surface area contributed by atoms with Crippen molar-refractivity contribution in [3.63, 3.8) is 0 Å². The van der Waals surface area contributed by atoms with Crippen molar-refractivity contribution in [2.24, 2.45) is 0 Å². The minimum Gasteiger partial charge on any atom is -0.345 e. The molecule has 0 saturated heterocycles. The normalized spacial score (nSPS) is 13.6. The van der Waals surface area contributed by atoms with Gasteiger partial charge in [-0.25, -0.2) is 0 Å². The summed E-state index contributed by atoms with van der Waals surface area (Å²) in [6, 6.07) is 27.0. The Balaban J connectivity index is 1.67. The Bertz CT molecular complexity index is 1300. The van der Waals surface area contributed by atoms with Crippen LogP contribution in [0.5, 0.6) is 0 Å². The molecule has 0 unspecified atom stereocenters. The van der Waals surface area contributed by atoms with Gasteiger partial charge in [0.05, 0.1) is 5.56 Å². The quantitative estimate of drug-likeness (QED) is 0.317. The molecule has 2 aliphatic heterocycles. The average Bonchev–Trinajstić information content (AvgIpc) is 3.12. The topological polar surface area (TPSA) is 7.12 Å². The van der Waals surface area contributed by atoms with E-state index in [1.807, 2.05) is 0 Å². The largest absolute Gasteiger partial charge is 0.345 e. The van der Waals surface area contributed by atoms with Gasteiger partial charge in [0.25, 0.3) is 0 Å². The van der Waals surface area contributed by atoms with E-state index in [0.717, 1.165) is 6.54 Å². The zero-order chi connectivity index (χ0) is 20.4. The van der Waals surface area contributed by atoms with Crippen LogP contribution in [0.1, 0.15) is 16.7 Å². The number of aryl methyl sites for hydroxylation is 2. The first kappa shape index (κ1) is 17.5. The van der Waals surface area contributed by atoms with Gasteiger partial charge < -0.3 is 4.90 Å². The highest BCUT2D eigenvalue weighted by atomic mass is 15.1. The minimum absolute atomic E-state index is 0.247. The van der Waals surface area contributed by atoms with E-state index < -0.39 is 0 Å². The molecular formula is C27H24BN2+. The Kier molecular flexibility index (Phi) is 3.70. The predicted molar refractivity (Wildman–Crippen MR) is 126 cm³/mol. The number of para-hydroxylation sites is 1. The Morgan fingerprint density at radius 2 is 1.57 bits per heavy atom. The molecule has 6 rings (SSSR count). The summed E-state index contributed by atoms with van der Waals surface area (Å²) >= 11 is 0. The molecule has 0 bridgehead atoms. The van der Waals surface area contributed by atoms with Crippen LogP contribution in [-0.2, 0) is 6.54 Å². The number of fused-ring (bicyclic) bond motifs is 5. The summed E-state index contributed by atoms with van der Waals surface area (Å²) < 4.78 is 2.36. The fourth-order valence-electron chi connectivity index (χ4n) is 5.51. The maximum Gasteiger partial charge on any atom is 0.247 e. The van der Waals surface area contributed by atoms with Gasteiger partial charge in [0, 0.05) is 36.1 Å². The molecular weight excluding hydrogens is 363 g/mol. The van der Waals surface area contributed by atoms with Gasteiger partial charge in [0.15, 0.2) is 12.7 Å². The lowest BCUT2D eigenvalue weighted by molar-refractivity contribution is -0.672. The highest BCUT2D eigenvalue weighted by Gasteiger charge is 2.37. The molecule has 1 aromatic heterocycles. The van der Waals surface area contributed by atoms with E-state index >= 15 is 0 Å². The third-order valence-electron chi connectivity index (χ3n) is 6.92. The Labute approximate surface area is 178 Å². The van der Waals surface area contributed by atoms with Crippen LogP contribution in [0.2, 0.25) is 0 Å². The number of aromatic nitrogens is 1. The van der Waals surface area contributed by atoms with Crippen LogP contribution in [0.4, 0.5) is 11.4 Å². The number of anilines is 2. The van der Waals surface area contributed by atoms with Crippen LogP contribution in [0.3, 0.4) is 0 Å². The van der Waals surface area contributed by atoms with Gasteiger partial charge in [-0.05, 0) is 43.0 Å². The zero-order valence-electron chi connectivity index (χ0n) is 17.7. The molecule has 30 heavy (non-hydrogen) atoms. The summed E-state index contributed by atoms with van der Waals surface area (Å²) in [7, 11) is 2.21. The van der Waals surface area contributed by atoms with Crippen molar-refractivity contribution in [2.75, 3.05) is 11.9 Å². The van der Waals surface area contributed by atoms with Crippen LogP contribution in [0, 0.1) is 13.8 Å². The summed E-state index contributed by atoms with van der Waals surface area (Å²) in [5, 5.41) is 0. The molecule has 0 saturated carbocycles. The molecule has 2 nitrogen and oxygen atoms in total. The van der Waals surface area contributed by atoms with Gasteiger partial charge in [-0.2, -0.15) is 4.57 Å². The van der Waals surface area contributed by atoms with E-state index in [1.54, 1.807) is 0 Å². The van der Waals surface area contributed by atoms with Crippen molar-refractivity contribution < 1.29 is 4.57 Å². The SMILES string of the molecule is Cc1cccc(C)c1B1c2ccccc2N(C)c2cc3c(cc21)-c1cccc[n+]1C3. The first-order chi connectivity index (χ1) is 14.6. The fraction of sp³-hybridized carbons (Fsp3) is 0.148. The number of rotatable bonds is 1. The second kappa shape index (κ2) is 6.34. The molecule has 144 valence electrons. The fourth-order valence-corrected chi connectivity index (χ4v) is 5.51. The van der Waals surface area contributed by atoms with Crippen molar-refractivity contribution in [3.05, 3.63) is 95.7 Å². The van der Waals surface area contributed by atoms with E-state index in [4.69, 9.17) is 0 Å². The van der Waals surface area contributed by atoms with Crippen molar-refractivity contribution >= 4 is 34.5 Å². The van der Waals surface area contributed by atoms with E-state index in [1.165, 1.54) is 55.7 Å². The van der Waals surface area contributed by atoms with Crippen molar-refractivity contribution in [1.82, 2.24) is 0 Å². The Morgan fingerprint density at radius 3 is 2.40 bits per heavy atom. The lowest BCUT2D eigenvalue weighted by atomic mass is 9.34. The molecule has 0 atom stereocenters. The van der Waals surface area contributed by atoms with Crippen molar-refractivity contribution in [1.29, 1.82) is 0 Å². The molecule has 3 heterocycles. The molecule has 4 aromatic rings. The molecule has 0 aliphatic carbocycles. The average molecular weight is 387 g/mol. The number of hydrogen-bond donors (Lipinski definition) is 0. The van der Waals surface area contributed by atoms with Crippen molar-refractivity contribution in [2.45, 2.75) is 20.4 Å². The molecule has 0 fully saturated rings. The Hall–Kier alpha value is -3.33. The van der Waals surface area contributed by atoms with Gasteiger partial charge in [-0.3, -0.25) is 0 Å². The van der Waals surface area contributed by atoms with Gasteiger partial charge >= 0.3 is 0 Å². The standard InChI is InChI=1S/C27H24BN2/c1-18-9-8-10-19(2)27(18)28-22-11-4-5-13-25(22)29(3)26-15-20-17-30-14-7-6-12-24(30)21(20)16-23(26)28/h4-16H,17H2,1-3H3/q+1. The summed E-state index contributed by atoms with van der Waals surface area (Å²) in [6.45, 7) is 5.70. The van der Waals surface area contributed by atoms with Crippen LogP contribution >= 0.6 is 0 Å². The third kappa shape index (κ3) is 2.35. The molecule has 2 aliphatic rings. The molecule has 0 amide bonds. The van der Waals surface area contributed by atoms with Crippen LogP contribution < -0.4 is 25.9 Å². The molecule has 3 heteroatoms. The first-order valence-electron chi connectivity index (χ1n) is 10.7. The number of benzene rings is 3. The molecule has 3 aromatic carbocycles. The van der Waals surface area contributed by atoms with Gasteiger partial charge in [0.1, 0.15) is 0 Å². The maximum absolute atomic E-state index is 2.46. The van der Waals surface area contributed by atoms with Crippen LogP contribution in [-0.4, -0.2) is 13.8 Å².